The predicted octanol–water partition coefficient (Wildman–Crippen LogP) is 1.87. The molecule has 1 aromatic carbocycles. The van der Waals surface area contributed by atoms with Gasteiger partial charge in [0.25, 0.3) is 0 Å². The van der Waals surface area contributed by atoms with E-state index >= 15 is 0 Å². The van der Waals surface area contributed by atoms with Gasteiger partial charge >= 0.3 is 0 Å². The van der Waals surface area contributed by atoms with Gasteiger partial charge in [-0.1, -0.05) is 12.1 Å². The highest BCUT2D eigenvalue weighted by Crippen LogP contribution is 2.29. The van der Waals surface area contributed by atoms with Crippen LogP contribution in [0.3, 0.4) is 0 Å². The lowest BCUT2D eigenvalue weighted by Gasteiger charge is -2.35. The standard InChI is InChI=1S/C19H26FN3O2S/c1-19(2)18(25)21-16(13-26-19)17(24)23-8-4-7-22(9-10-23)12-14-5-3-6-15(20)11-14/h3,5-6,11,16H,4,7-10,12-13H2,1-2H3,(H,21,25)/t16-/m0/s1. The molecule has 2 amide bonds. The van der Waals surface area contributed by atoms with Crippen molar-refractivity contribution in [3.8, 4) is 0 Å². The Morgan fingerprint density at radius 1 is 1.31 bits per heavy atom. The predicted molar refractivity (Wildman–Crippen MR) is 101 cm³/mol. The average Bonchev–Trinajstić information content (AvgIpc) is 2.82. The van der Waals surface area contributed by atoms with Gasteiger partial charge in [-0.25, -0.2) is 4.39 Å². The van der Waals surface area contributed by atoms with Gasteiger partial charge in [0, 0.05) is 38.5 Å². The molecule has 2 aliphatic heterocycles. The summed E-state index contributed by atoms with van der Waals surface area (Å²) in [6.45, 7) is 7.39. The van der Waals surface area contributed by atoms with Gasteiger partial charge in [0.05, 0.1) is 4.75 Å². The van der Waals surface area contributed by atoms with Crippen LogP contribution in [-0.4, -0.2) is 64.3 Å². The Kier molecular flexibility index (Phi) is 5.87. The van der Waals surface area contributed by atoms with E-state index in [-0.39, 0.29) is 17.6 Å². The Balaban J connectivity index is 1.55. The molecule has 5 nitrogen and oxygen atoms in total. The number of carbonyl (C=O) groups excluding carboxylic acids is 2. The molecule has 3 rings (SSSR count). The van der Waals surface area contributed by atoms with Crippen LogP contribution in [0, 0.1) is 5.82 Å². The summed E-state index contributed by atoms with van der Waals surface area (Å²) in [5.74, 6) is 0.326. The minimum atomic E-state index is -0.475. The molecule has 2 fully saturated rings. The molecule has 26 heavy (non-hydrogen) atoms. The van der Waals surface area contributed by atoms with Gasteiger partial charge in [-0.05, 0) is 38.0 Å². The van der Waals surface area contributed by atoms with Crippen LogP contribution in [0.25, 0.3) is 0 Å². The van der Waals surface area contributed by atoms with E-state index in [1.165, 1.54) is 17.8 Å². The summed E-state index contributed by atoms with van der Waals surface area (Å²) in [6, 6.07) is 6.22. The lowest BCUT2D eigenvalue weighted by molar-refractivity contribution is -0.136. The smallest absolute Gasteiger partial charge is 0.246 e. The Morgan fingerprint density at radius 3 is 2.85 bits per heavy atom. The van der Waals surface area contributed by atoms with Crippen molar-refractivity contribution in [1.29, 1.82) is 0 Å². The van der Waals surface area contributed by atoms with Gasteiger partial charge in [-0.3, -0.25) is 14.5 Å². The minimum absolute atomic E-state index is 0.00829. The van der Waals surface area contributed by atoms with Crippen LogP contribution in [0.15, 0.2) is 24.3 Å². The Labute approximate surface area is 158 Å². The third-order valence-electron chi connectivity index (χ3n) is 4.96. The van der Waals surface area contributed by atoms with Gasteiger partial charge < -0.3 is 10.2 Å². The van der Waals surface area contributed by atoms with E-state index in [0.29, 0.717) is 25.4 Å². The van der Waals surface area contributed by atoms with Crippen molar-refractivity contribution in [2.45, 2.75) is 37.6 Å². The first kappa shape index (κ1) is 19.2. The van der Waals surface area contributed by atoms with Crippen molar-refractivity contribution in [2.24, 2.45) is 0 Å². The molecule has 0 unspecified atom stereocenters. The molecule has 7 heteroatoms. The number of hydrogen-bond acceptors (Lipinski definition) is 4. The quantitative estimate of drug-likeness (QED) is 0.871. The maximum atomic E-state index is 13.4. The molecular weight excluding hydrogens is 353 g/mol. The van der Waals surface area contributed by atoms with E-state index in [2.05, 4.69) is 10.2 Å². The Hall–Kier alpha value is -1.60. The number of amides is 2. The molecule has 2 heterocycles. The van der Waals surface area contributed by atoms with Gasteiger partial charge in [0.1, 0.15) is 11.9 Å². The monoisotopic (exact) mass is 379 g/mol. The normalized spacial score (nSPS) is 24.0. The molecule has 0 bridgehead atoms. The molecule has 2 saturated heterocycles. The third kappa shape index (κ3) is 4.57. The van der Waals surface area contributed by atoms with Gasteiger partial charge in [-0.15, -0.1) is 11.8 Å². The summed E-state index contributed by atoms with van der Waals surface area (Å²) in [5, 5.41) is 2.88. The van der Waals surface area contributed by atoms with Gasteiger partial charge in [0.2, 0.25) is 11.8 Å². The molecule has 142 valence electrons. The number of halogens is 1. The van der Waals surface area contributed by atoms with Crippen LogP contribution in [0.2, 0.25) is 0 Å². The third-order valence-corrected chi connectivity index (χ3v) is 6.36. The molecule has 0 aliphatic carbocycles. The lowest BCUT2D eigenvalue weighted by Crippen LogP contribution is -2.58. The fourth-order valence-corrected chi connectivity index (χ4v) is 4.33. The highest BCUT2D eigenvalue weighted by molar-refractivity contribution is 8.01. The number of nitrogens with one attached hydrogen (secondary N) is 1. The molecular formula is C19H26FN3O2S. The number of thioether (sulfide) groups is 1. The zero-order chi connectivity index (χ0) is 18.7. The summed E-state index contributed by atoms with van der Waals surface area (Å²) in [7, 11) is 0. The number of benzene rings is 1. The van der Waals surface area contributed by atoms with Gasteiger partial charge in [0.15, 0.2) is 0 Å². The molecule has 0 saturated carbocycles. The van der Waals surface area contributed by atoms with E-state index in [1.807, 2.05) is 24.8 Å². The SMILES string of the molecule is CC1(C)SC[C@@H](C(=O)N2CCCN(Cc3cccc(F)c3)CC2)NC1=O. The number of hydrogen-bond donors (Lipinski definition) is 1. The topological polar surface area (TPSA) is 52.7 Å². The minimum Gasteiger partial charge on any atom is -0.342 e. The Bertz CT molecular complexity index is 683. The van der Waals surface area contributed by atoms with Crippen molar-refractivity contribution >= 4 is 23.6 Å². The first-order valence-corrected chi connectivity index (χ1v) is 10.0. The number of rotatable bonds is 3. The van der Waals surface area contributed by atoms with Crippen LogP contribution in [0.5, 0.6) is 0 Å². The number of carbonyl (C=O) groups is 2. The molecule has 1 N–H and O–H groups in total. The first-order valence-electron chi connectivity index (χ1n) is 9.06. The lowest BCUT2D eigenvalue weighted by atomic mass is 10.1. The van der Waals surface area contributed by atoms with Crippen molar-refractivity contribution in [3.63, 3.8) is 0 Å². The van der Waals surface area contributed by atoms with E-state index in [9.17, 15) is 14.0 Å². The molecule has 1 atom stereocenters. The molecule has 0 radical (unpaired) electrons. The maximum absolute atomic E-state index is 13.4. The molecule has 1 aromatic rings. The molecule has 0 spiro atoms. The Morgan fingerprint density at radius 2 is 2.12 bits per heavy atom. The maximum Gasteiger partial charge on any atom is 0.246 e. The van der Waals surface area contributed by atoms with Crippen LogP contribution in [0.4, 0.5) is 4.39 Å². The van der Waals surface area contributed by atoms with E-state index in [1.54, 1.807) is 12.1 Å². The molecule has 0 aromatic heterocycles. The highest BCUT2D eigenvalue weighted by Gasteiger charge is 2.39. The molecule has 2 aliphatic rings. The van der Waals surface area contributed by atoms with Crippen molar-refractivity contribution in [3.05, 3.63) is 35.6 Å². The zero-order valence-corrected chi connectivity index (χ0v) is 16.2. The summed E-state index contributed by atoms with van der Waals surface area (Å²) in [6.07, 6.45) is 0.875. The fourth-order valence-electron chi connectivity index (χ4n) is 3.33. The fraction of sp³-hybridized carbons (Fsp3) is 0.579. The van der Waals surface area contributed by atoms with Crippen LogP contribution in [-0.2, 0) is 16.1 Å². The second-order valence-electron chi connectivity index (χ2n) is 7.43. The van der Waals surface area contributed by atoms with E-state index in [0.717, 1.165) is 25.1 Å². The summed E-state index contributed by atoms with van der Waals surface area (Å²) in [4.78, 5) is 29.0. The zero-order valence-electron chi connectivity index (χ0n) is 15.3. The summed E-state index contributed by atoms with van der Waals surface area (Å²) < 4.78 is 12.9. The summed E-state index contributed by atoms with van der Waals surface area (Å²) >= 11 is 1.53. The van der Waals surface area contributed by atoms with Crippen LogP contribution >= 0.6 is 11.8 Å². The van der Waals surface area contributed by atoms with Crippen molar-refractivity contribution < 1.29 is 14.0 Å². The summed E-state index contributed by atoms with van der Waals surface area (Å²) in [5.41, 5.74) is 0.947. The largest absolute Gasteiger partial charge is 0.342 e. The van der Waals surface area contributed by atoms with Crippen molar-refractivity contribution in [1.82, 2.24) is 15.1 Å². The van der Waals surface area contributed by atoms with Gasteiger partial charge in [-0.2, -0.15) is 0 Å². The second-order valence-corrected chi connectivity index (χ2v) is 9.07. The van der Waals surface area contributed by atoms with E-state index < -0.39 is 10.8 Å². The van der Waals surface area contributed by atoms with E-state index in [4.69, 9.17) is 0 Å². The first-order chi connectivity index (χ1) is 12.3. The average molecular weight is 380 g/mol. The van der Waals surface area contributed by atoms with Crippen LogP contribution in [0.1, 0.15) is 25.8 Å². The van der Waals surface area contributed by atoms with Crippen LogP contribution < -0.4 is 5.32 Å². The van der Waals surface area contributed by atoms with Crippen molar-refractivity contribution in [2.75, 3.05) is 31.9 Å². The second kappa shape index (κ2) is 7.96. The highest BCUT2D eigenvalue weighted by atomic mass is 32.2. The number of nitrogens with zero attached hydrogens (tertiary/aromatic N) is 2.